The topological polar surface area (TPSA) is 43.4 Å². The van der Waals surface area contributed by atoms with Gasteiger partial charge in [0, 0.05) is 12.8 Å². The van der Waals surface area contributed by atoms with Crippen LogP contribution in [0.15, 0.2) is 60.0 Å². The maximum Gasteiger partial charge on any atom is 0.348 e. The first-order valence-corrected chi connectivity index (χ1v) is 10.4. The fraction of sp³-hybridized carbons (Fsp3) is 0.250. The lowest BCUT2D eigenvalue weighted by atomic mass is 9.70. The number of carbonyl (C=O) groups is 2. The summed E-state index contributed by atoms with van der Waals surface area (Å²) in [5.74, 6) is 1.14. The number of ether oxygens (including phenoxy) is 1. The number of benzene rings is 2. The van der Waals surface area contributed by atoms with Gasteiger partial charge in [0.2, 0.25) is 0 Å². The third kappa shape index (κ3) is 3.65. The van der Waals surface area contributed by atoms with Gasteiger partial charge in [-0.25, -0.2) is 4.79 Å². The molecule has 142 valence electrons. The Morgan fingerprint density at radius 1 is 1.11 bits per heavy atom. The zero-order valence-electron chi connectivity index (χ0n) is 15.8. The molecular weight excluding hydrogens is 368 g/mol. The number of rotatable bonds is 1. The molecule has 1 fully saturated rings. The lowest BCUT2D eigenvalue weighted by Gasteiger charge is -2.33. The molecule has 3 aromatic rings. The molecule has 0 saturated heterocycles. The molecule has 0 amide bonds. The van der Waals surface area contributed by atoms with Gasteiger partial charge < -0.3 is 4.74 Å². The largest absolute Gasteiger partial charge is 0.465 e. The highest BCUT2D eigenvalue weighted by molar-refractivity contribution is 7.11. The molecule has 2 aromatic carbocycles. The van der Waals surface area contributed by atoms with Crippen LogP contribution < -0.4 is 0 Å². The molecule has 0 radical (unpaired) electrons. The molecule has 0 spiro atoms. The number of thiophene rings is 1. The molecule has 1 heterocycles. The van der Waals surface area contributed by atoms with Gasteiger partial charge in [0.25, 0.3) is 0 Å². The highest BCUT2D eigenvalue weighted by Gasteiger charge is 2.32. The van der Waals surface area contributed by atoms with Crippen LogP contribution in [-0.2, 0) is 9.53 Å². The van der Waals surface area contributed by atoms with Gasteiger partial charge in [-0.1, -0.05) is 54.6 Å². The number of methoxy groups -OCH3 is 1. The summed E-state index contributed by atoms with van der Waals surface area (Å²) in [7, 11) is 1.38. The summed E-state index contributed by atoms with van der Waals surface area (Å²) in [4.78, 5) is 23.1. The SMILES string of the molecule is COC(=O)c1cccs1.O=C1CCC2C=Cc3c(ccc4ccccc34)C2C1. The van der Waals surface area contributed by atoms with E-state index in [0.717, 1.165) is 19.3 Å². The Balaban J connectivity index is 0.000000181. The van der Waals surface area contributed by atoms with E-state index in [1.54, 1.807) is 6.07 Å². The maximum absolute atomic E-state index is 11.8. The van der Waals surface area contributed by atoms with E-state index in [1.807, 2.05) is 11.4 Å². The molecule has 5 rings (SSSR count). The highest BCUT2D eigenvalue weighted by Crippen LogP contribution is 2.44. The van der Waals surface area contributed by atoms with Gasteiger partial charge >= 0.3 is 5.97 Å². The van der Waals surface area contributed by atoms with Crippen molar-refractivity contribution in [3.8, 4) is 0 Å². The van der Waals surface area contributed by atoms with Crippen LogP contribution in [0.2, 0.25) is 0 Å². The van der Waals surface area contributed by atoms with Gasteiger partial charge in [-0.05, 0) is 51.6 Å². The second-order valence-corrected chi connectivity index (χ2v) is 8.12. The van der Waals surface area contributed by atoms with Crippen molar-refractivity contribution in [2.45, 2.75) is 25.2 Å². The Labute approximate surface area is 168 Å². The molecule has 28 heavy (non-hydrogen) atoms. The number of hydrogen-bond donors (Lipinski definition) is 0. The molecular formula is C24H22O3S. The molecule has 1 saturated carbocycles. The fourth-order valence-electron chi connectivity index (χ4n) is 4.14. The number of esters is 1. The van der Waals surface area contributed by atoms with Gasteiger partial charge in [-0.3, -0.25) is 4.79 Å². The van der Waals surface area contributed by atoms with Gasteiger partial charge in [-0.2, -0.15) is 0 Å². The average Bonchev–Trinajstić information content (AvgIpc) is 3.28. The standard InChI is InChI=1S/C18H16O.C6H6O2S/c19-14-8-5-13-7-9-16-15-4-2-1-3-12(15)6-10-17(16)18(13)11-14;1-8-6(7)5-3-2-4-9-5/h1-4,6-7,9-10,13,18H,5,8,11H2;2-4H,1H3. The Bertz CT molecular complexity index is 1030. The van der Waals surface area contributed by atoms with E-state index in [4.69, 9.17) is 0 Å². The van der Waals surface area contributed by atoms with Gasteiger partial charge in [0.1, 0.15) is 10.7 Å². The van der Waals surface area contributed by atoms with Crippen molar-refractivity contribution >= 4 is 39.9 Å². The summed E-state index contributed by atoms with van der Waals surface area (Å²) >= 11 is 1.38. The quantitative estimate of drug-likeness (QED) is 0.489. The highest BCUT2D eigenvalue weighted by atomic mass is 32.1. The predicted octanol–water partition coefficient (Wildman–Crippen LogP) is 5.85. The van der Waals surface area contributed by atoms with Crippen molar-refractivity contribution in [1.82, 2.24) is 0 Å². The fourth-order valence-corrected chi connectivity index (χ4v) is 4.78. The third-order valence-electron chi connectivity index (χ3n) is 5.54. The molecule has 2 aliphatic rings. The summed E-state index contributed by atoms with van der Waals surface area (Å²) in [6, 6.07) is 16.5. The number of ketones is 1. The molecule has 4 heteroatoms. The van der Waals surface area contributed by atoms with Crippen LogP contribution >= 0.6 is 11.3 Å². The first kappa shape index (κ1) is 18.6. The first-order valence-electron chi connectivity index (χ1n) is 9.50. The van der Waals surface area contributed by atoms with Crippen LogP contribution in [0.1, 0.15) is 46.0 Å². The van der Waals surface area contributed by atoms with Crippen molar-refractivity contribution in [2.24, 2.45) is 5.92 Å². The zero-order valence-corrected chi connectivity index (χ0v) is 16.6. The Kier molecular flexibility index (Phi) is 5.40. The molecule has 0 aliphatic heterocycles. The summed E-state index contributed by atoms with van der Waals surface area (Å²) in [6.07, 6.45) is 7.10. The van der Waals surface area contributed by atoms with Gasteiger partial charge in [0.15, 0.2) is 0 Å². The molecule has 2 aliphatic carbocycles. The minimum Gasteiger partial charge on any atom is -0.465 e. The lowest BCUT2D eigenvalue weighted by molar-refractivity contribution is -0.121. The predicted molar refractivity (Wildman–Crippen MR) is 114 cm³/mol. The van der Waals surface area contributed by atoms with Crippen LogP contribution in [0.3, 0.4) is 0 Å². The van der Waals surface area contributed by atoms with Crippen molar-refractivity contribution in [3.05, 3.63) is 76.0 Å². The van der Waals surface area contributed by atoms with Crippen molar-refractivity contribution in [1.29, 1.82) is 0 Å². The second-order valence-electron chi connectivity index (χ2n) is 7.17. The van der Waals surface area contributed by atoms with Crippen molar-refractivity contribution < 1.29 is 14.3 Å². The Hall–Kier alpha value is -2.72. The lowest BCUT2D eigenvalue weighted by Crippen LogP contribution is -2.24. The molecule has 0 bridgehead atoms. The monoisotopic (exact) mass is 390 g/mol. The third-order valence-corrected chi connectivity index (χ3v) is 6.39. The Morgan fingerprint density at radius 2 is 1.96 bits per heavy atom. The smallest absolute Gasteiger partial charge is 0.348 e. The summed E-state index contributed by atoms with van der Waals surface area (Å²) in [5, 5.41) is 4.44. The number of allylic oxidation sites excluding steroid dienone is 1. The van der Waals surface area contributed by atoms with Crippen molar-refractivity contribution in [3.63, 3.8) is 0 Å². The molecule has 2 atom stereocenters. The normalized spacial score (nSPS) is 20.0. The molecule has 2 unspecified atom stereocenters. The van der Waals surface area contributed by atoms with Crippen molar-refractivity contribution in [2.75, 3.05) is 7.11 Å². The minimum absolute atomic E-state index is 0.259. The van der Waals surface area contributed by atoms with Crippen LogP contribution in [0.25, 0.3) is 16.8 Å². The van der Waals surface area contributed by atoms with Crippen LogP contribution in [-0.4, -0.2) is 18.9 Å². The van der Waals surface area contributed by atoms with E-state index >= 15 is 0 Å². The van der Waals surface area contributed by atoms with Crippen LogP contribution in [0.5, 0.6) is 0 Å². The Morgan fingerprint density at radius 3 is 2.75 bits per heavy atom. The number of carbonyl (C=O) groups excluding carboxylic acids is 2. The van der Waals surface area contributed by atoms with Gasteiger partial charge in [0.05, 0.1) is 7.11 Å². The second kappa shape index (κ2) is 8.11. The van der Waals surface area contributed by atoms with E-state index in [9.17, 15) is 9.59 Å². The van der Waals surface area contributed by atoms with Gasteiger partial charge in [-0.15, -0.1) is 11.3 Å². The van der Waals surface area contributed by atoms with E-state index < -0.39 is 0 Å². The van der Waals surface area contributed by atoms with E-state index in [-0.39, 0.29) is 5.97 Å². The summed E-state index contributed by atoms with van der Waals surface area (Å²) in [6.45, 7) is 0. The zero-order chi connectivity index (χ0) is 19.5. The van der Waals surface area contributed by atoms with Crippen LogP contribution in [0, 0.1) is 5.92 Å². The first-order chi connectivity index (χ1) is 13.7. The molecule has 0 N–H and O–H groups in total. The number of Topliss-reactive ketones (excluding diaryl/α,β-unsaturated/α-hetero) is 1. The average molecular weight is 391 g/mol. The number of hydrogen-bond acceptors (Lipinski definition) is 4. The number of fused-ring (bicyclic) bond motifs is 5. The van der Waals surface area contributed by atoms with E-state index in [0.29, 0.717) is 22.5 Å². The summed E-state index contributed by atoms with van der Waals surface area (Å²) < 4.78 is 4.47. The molecule has 3 nitrogen and oxygen atoms in total. The maximum atomic E-state index is 11.8. The van der Waals surface area contributed by atoms with E-state index in [1.165, 1.54) is 40.3 Å². The minimum atomic E-state index is -0.259. The molecule has 1 aromatic heterocycles. The van der Waals surface area contributed by atoms with E-state index in [2.05, 4.69) is 53.3 Å². The van der Waals surface area contributed by atoms with Crippen LogP contribution in [0.4, 0.5) is 0 Å². The summed E-state index contributed by atoms with van der Waals surface area (Å²) in [5.41, 5.74) is 2.70.